The van der Waals surface area contributed by atoms with E-state index in [1.807, 2.05) is 44.6 Å². The molecule has 6 rings (SSSR count). The summed E-state index contributed by atoms with van der Waals surface area (Å²) in [5, 5.41) is 12.6. The molecule has 13 heteroatoms. The van der Waals surface area contributed by atoms with Gasteiger partial charge in [0.15, 0.2) is 17.2 Å². The van der Waals surface area contributed by atoms with E-state index in [0.29, 0.717) is 54.8 Å². The monoisotopic (exact) mass is 525 g/mol. The fourth-order valence-electron chi connectivity index (χ4n) is 4.37. The number of hydrogen-bond acceptors (Lipinski definition) is 10. The van der Waals surface area contributed by atoms with E-state index in [1.165, 1.54) is 0 Å². The molecule has 1 amide bonds. The lowest BCUT2D eigenvalue weighted by molar-refractivity contribution is -0.134. The number of aryl methyl sites for hydroxylation is 1. The molecular formula is C26H27N11O2. The molecule has 0 saturated carbocycles. The number of rotatable bonds is 8. The average molecular weight is 526 g/mol. The Morgan fingerprint density at radius 2 is 1.87 bits per heavy atom. The summed E-state index contributed by atoms with van der Waals surface area (Å²) in [6.07, 6.45) is 8.66. The average Bonchev–Trinajstić information content (AvgIpc) is 3.57. The van der Waals surface area contributed by atoms with Crippen molar-refractivity contribution >= 4 is 17.2 Å². The maximum absolute atomic E-state index is 11.9. The van der Waals surface area contributed by atoms with Crippen LogP contribution in [0.25, 0.3) is 33.9 Å². The van der Waals surface area contributed by atoms with Gasteiger partial charge in [0, 0.05) is 51.1 Å². The number of hydrogen-bond donors (Lipinski definition) is 0. The molecule has 198 valence electrons. The van der Waals surface area contributed by atoms with Crippen LogP contribution in [0.2, 0.25) is 0 Å². The molecule has 1 saturated heterocycles. The molecule has 4 aromatic heterocycles. The van der Waals surface area contributed by atoms with Crippen molar-refractivity contribution < 1.29 is 9.53 Å². The number of piperazine rings is 1. The first-order valence-electron chi connectivity index (χ1n) is 12.6. The van der Waals surface area contributed by atoms with Gasteiger partial charge in [-0.05, 0) is 11.6 Å². The van der Waals surface area contributed by atoms with E-state index in [-0.39, 0.29) is 5.91 Å². The van der Waals surface area contributed by atoms with E-state index >= 15 is 0 Å². The molecule has 0 atom stereocenters. The normalized spacial score (nSPS) is 14.3. The van der Waals surface area contributed by atoms with Gasteiger partial charge in [-0.15, -0.1) is 5.10 Å². The molecule has 0 unspecified atom stereocenters. The molecule has 13 nitrogen and oxygen atoms in total. The molecule has 39 heavy (non-hydrogen) atoms. The van der Waals surface area contributed by atoms with Gasteiger partial charge >= 0.3 is 0 Å². The number of amides is 1. The minimum absolute atomic E-state index is 0.135. The number of fused-ring (bicyclic) bond motifs is 1. The molecule has 1 aliphatic rings. The van der Waals surface area contributed by atoms with Crippen LogP contribution in [0.1, 0.15) is 5.56 Å². The van der Waals surface area contributed by atoms with Gasteiger partial charge in [-0.1, -0.05) is 23.4 Å². The highest BCUT2D eigenvalue weighted by molar-refractivity contribution is 5.78. The van der Waals surface area contributed by atoms with Crippen LogP contribution in [0.15, 0.2) is 55.2 Å². The van der Waals surface area contributed by atoms with Gasteiger partial charge < -0.3 is 9.64 Å². The predicted molar refractivity (Wildman–Crippen MR) is 141 cm³/mol. The van der Waals surface area contributed by atoms with Crippen LogP contribution in [0.5, 0.6) is 5.75 Å². The zero-order valence-electron chi connectivity index (χ0n) is 21.7. The zero-order chi connectivity index (χ0) is 26.8. The Kier molecular flexibility index (Phi) is 6.63. The van der Waals surface area contributed by atoms with Crippen molar-refractivity contribution in [3.8, 4) is 28.4 Å². The van der Waals surface area contributed by atoms with Crippen LogP contribution < -0.4 is 4.74 Å². The second kappa shape index (κ2) is 10.5. The fourth-order valence-corrected chi connectivity index (χ4v) is 4.37. The quantitative estimate of drug-likeness (QED) is 0.292. The molecule has 5 aromatic rings. The van der Waals surface area contributed by atoms with Crippen LogP contribution in [-0.2, 0) is 18.4 Å². The lowest BCUT2D eigenvalue weighted by atomic mass is 10.1. The van der Waals surface area contributed by atoms with Gasteiger partial charge in [-0.2, -0.15) is 5.10 Å². The topological polar surface area (TPSA) is 133 Å². The molecule has 0 aliphatic carbocycles. The fraction of sp³-hybridized carbons (Fsp3) is 0.308. The number of nitrogens with zero attached hydrogens (tertiary/aromatic N) is 11. The van der Waals surface area contributed by atoms with Crippen molar-refractivity contribution in [2.24, 2.45) is 7.05 Å². The van der Waals surface area contributed by atoms with Crippen molar-refractivity contribution in [2.75, 3.05) is 39.8 Å². The molecule has 0 spiro atoms. The van der Waals surface area contributed by atoms with Gasteiger partial charge in [0.2, 0.25) is 11.6 Å². The first-order chi connectivity index (χ1) is 19.0. The zero-order valence-corrected chi connectivity index (χ0v) is 21.7. The van der Waals surface area contributed by atoms with Crippen LogP contribution in [-0.4, -0.2) is 100 Å². The Hall–Kier alpha value is -4.78. The number of carbonyl (C=O) groups excluding carboxylic acids is 1. The summed E-state index contributed by atoms with van der Waals surface area (Å²) in [4.78, 5) is 33.8. The SMILES string of the molecule is CN1CCN(CCOc2cnc(-c3cccc(Cn4nnc5ncc(-c6cnn(C)c6)nc54)c3)nc2)CC1=O. The maximum Gasteiger partial charge on any atom is 0.236 e. The third-order valence-corrected chi connectivity index (χ3v) is 6.59. The summed E-state index contributed by atoms with van der Waals surface area (Å²) < 4.78 is 9.26. The maximum atomic E-state index is 11.9. The molecule has 5 heterocycles. The Morgan fingerprint density at radius 3 is 2.67 bits per heavy atom. The number of benzene rings is 1. The Labute approximate surface area is 224 Å². The minimum Gasteiger partial charge on any atom is -0.489 e. The van der Waals surface area contributed by atoms with E-state index in [9.17, 15) is 4.79 Å². The highest BCUT2D eigenvalue weighted by atomic mass is 16.5. The van der Waals surface area contributed by atoms with E-state index in [1.54, 1.807) is 39.1 Å². The van der Waals surface area contributed by atoms with Crippen molar-refractivity contribution in [2.45, 2.75) is 6.54 Å². The molecule has 0 radical (unpaired) electrons. The van der Waals surface area contributed by atoms with Crippen LogP contribution in [0.3, 0.4) is 0 Å². The molecule has 1 aromatic carbocycles. The van der Waals surface area contributed by atoms with Gasteiger partial charge in [-0.25, -0.2) is 24.6 Å². The summed E-state index contributed by atoms with van der Waals surface area (Å²) in [6, 6.07) is 7.95. The molecule has 0 bridgehead atoms. The van der Waals surface area contributed by atoms with Crippen LogP contribution in [0.4, 0.5) is 0 Å². The highest BCUT2D eigenvalue weighted by Gasteiger charge is 2.20. The van der Waals surface area contributed by atoms with Crippen LogP contribution >= 0.6 is 0 Å². The lowest BCUT2D eigenvalue weighted by Gasteiger charge is -2.31. The minimum atomic E-state index is 0.135. The summed E-state index contributed by atoms with van der Waals surface area (Å²) in [5.74, 6) is 1.32. The number of likely N-dealkylation sites (N-methyl/N-ethyl adjacent to an activating group) is 1. The molecular weight excluding hydrogens is 498 g/mol. The first kappa shape index (κ1) is 24.6. The third-order valence-electron chi connectivity index (χ3n) is 6.59. The van der Waals surface area contributed by atoms with E-state index in [2.05, 4.69) is 35.3 Å². The van der Waals surface area contributed by atoms with Crippen LogP contribution in [0, 0.1) is 0 Å². The number of ether oxygens (including phenoxy) is 1. The van der Waals surface area contributed by atoms with Crippen molar-refractivity contribution in [3.63, 3.8) is 0 Å². The predicted octanol–water partition coefficient (Wildman–Crippen LogP) is 1.28. The number of carbonyl (C=O) groups is 1. The second-order valence-corrected chi connectivity index (χ2v) is 9.43. The summed E-state index contributed by atoms with van der Waals surface area (Å²) >= 11 is 0. The van der Waals surface area contributed by atoms with Crippen molar-refractivity contribution in [1.82, 2.24) is 54.5 Å². The van der Waals surface area contributed by atoms with E-state index in [0.717, 1.165) is 29.8 Å². The second-order valence-electron chi connectivity index (χ2n) is 9.43. The summed E-state index contributed by atoms with van der Waals surface area (Å²) in [7, 11) is 3.69. The Morgan fingerprint density at radius 1 is 1.00 bits per heavy atom. The van der Waals surface area contributed by atoms with Gasteiger partial charge in [0.25, 0.3) is 0 Å². The Bertz CT molecular complexity index is 1610. The summed E-state index contributed by atoms with van der Waals surface area (Å²) in [6.45, 7) is 3.61. The smallest absolute Gasteiger partial charge is 0.236 e. The van der Waals surface area contributed by atoms with E-state index < -0.39 is 0 Å². The van der Waals surface area contributed by atoms with Gasteiger partial charge in [-0.3, -0.25) is 14.4 Å². The van der Waals surface area contributed by atoms with Crippen molar-refractivity contribution in [1.29, 1.82) is 0 Å². The lowest BCUT2D eigenvalue weighted by Crippen LogP contribution is -2.49. The molecule has 1 aliphatic heterocycles. The molecule has 1 fully saturated rings. The van der Waals surface area contributed by atoms with Gasteiger partial charge in [0.1, 0.15) is 6.61 Å². The van der Waals surface area contributed by atoms with Crippen molar-refractivity contribution in [3.05, 3.63) is 60.8 Å². The summed E-state index contributed by atoms with van der Waals surface area (Å²) in [5.41, 5.74) is 4.54. The highest BCUT2D eigenvalue weighted by Crippen LogP contribution is 2.21. The third kappa shape index (κ3) is 5.43. The standard InChI is InChI=1S/C26H27N11O2/c1-34-6-7-36(17-23(34)38)8-9-39-21-12-27-24(28-13-21)19-5-3-4-18(10-19)15-37-26-25(32-33-37)29-14-22(31-26)20-11-30-35(2)16-20/h3-5,10-14,16H,6-9,15,17H2,1-2H3. The number of aromatic nitrogens is 9. The van der Waals surface area contributed by atoms with E-state index in [4.69, 9.17) is 9.72 Å². The molecule has 0 N–H and O–H groups in total. The first-order valence-corrected chi connectivity index (χ1v) is 12.6. The van der Waals surface area contributed by atoms with Gasteiger partial charge in [0.05, 0.1) is 43.6 Å². The Balaban J connectivity index is 1.11. The largest absolute Gasteiger partial charge is 0.489 e.